The monoisotopic (exact) mass is 270 g/mol. The van der Waals surface area contributed by atoms with Gasteiger partial charge in [0.25, 0.3) is 0 Å². The number of hydrogen-bond donors (Lipinski definition) is 0. The number of carbonyl (C=O) groups is 2. The van der Waals surface area contributed by atoms with Crippen molar-refractivity contribution in [3.05, 3.63) is 23.8 Å². The SMILES string of the molecule is C[C@]12CC[C@H]3[C@@H](CC=C4CC(=O)C=C[C@@H]43)[C@@H]1CCC2=O. The van der Waals surface area contributed by atoms with Gasteiger partial charge in [-0.15, -0.1) is 0 Å². The smallest absolute Gasteiger partial charge is 0.159 e. The molecule has 0 aromatic carbocycles. The molecule has 0 aromatic rings. The standard InChI is InChI=1S/C18H22O2/c1-18-9-8-14-13-5-3-12(19)10-11(13)2-4-15(14)16(18)6-7-17(18)20/h2-3,5,13-16H,4,6-10H2,1H3/t13-,14+,15+,16-,18-/m0/s1. The van der Waals surface area contributed by atoms with Crippen molar-refractivity contribution in [2.24, 2.45) is 29.1 Å². The fourth-order valence-electron chi connectivity index (χ4n) is 5.50. The summed E-state index contributed by atoms with van der Waals surface area (Å²) in [6.07, 6.45) is 12.1. The maximum Gasteiger partial charge on any atom is 0.159 e. The summed E-state index contributed by atoms with van der Waals surface area (Å²) in [6, 6.07) is 0. The summed E-state index contributed by atoms with van der Waals surface area (Å²) in [6.45, 7) is 2.21. The van der Waals surface area contributed by atoms with Gasteiger partial charge in [0.2, 0.25) is 0 Å². The van der Waals surface area contributed by atoms with Gasteiger partial charge in [0.05, 0.1) is 0 Å². The predicted molar refractivity (Wildman–Crippen MR) is 77.0 cm³/mol. The van der Waals surface area contributed by atoms with Crippen LogP contribution in [0, 0.1) is 29.1 Å². The van der Waals surface area contributed by atoms with Crippen molar-refractivity contribution in [1.82, 2.24) is 0 Å². The van der Waals surface area contributed by atoms with Crippen LogP contribution in [0.25, 0.3) is 0 Å². The van der Waals surface area contributed by atoms with Gasteiger partial charge in [0, 0.05) is 24.2 Å². The van der Waals surface area contributed by atoms with Crippen LogP contribution in [-0.2, 0) is 9.59 Å². The van der Waals surface area contributed by atoms with Crippen molar-refractivity contribution >= 4 is 11.6 Å². The normalized spacial score (nSPS) is 46.5. The Morgan fingerprint density at radius 3 is 2.90 bits per heavy atom. The third-order valence-corrected chi connectivity index (χ3v) is 6.61. The fraction of sp³-hybridized carbons (Fsp3) is 0.667. The van der Waals surface area contributed by atoms with E-state index < -0.39 is 0 Å². The summed E-state index contributed by atoms with van der Waals surface area (Å²) in [5.74, 6) is 3.15. The van der Waals surface area contributed by atoms with Crippen molar-refractivity contribution in [3.8, 4) is 0 Å². The van der Waals surface area contributed by atoms with Gasteiger partial charge in [-0.1, -0.05) is 24.6 Å². The molecule has 4 aliphatic carbocycles. The van der Waals surface area contributed by atoms with E-state index in [0.717, 1.165) is 32.1 Å². The highest BCUT2D eigenvalue weighted by Crippen LogP contribution is 2.59. The molecule has 0 saturated heterocycles. The molecule has 106 valence electrons. The van der Waals surface area contributed by atoms with Crippen LogP contribution in [0.4, 0.5) is 0 Å². The lowest BCUT2D eigenvalue weighted by molar-refractivity contribution is -0.130. The average Bonchev–Trinajstić information content (AvgIpc) is 2.74. The number of fused-ring (bicyclic) bond motifs is 5. The molecule has 0 bridgehead atoms. The van der Waals surface area contributed by atoms with Gasteiger partial charge in [-0.25, -0.2) is 0 Å². The molecule has 0 spiro atoms. The van der Waals surface area contributed by atoms with Crippen LogP contribution in [0.1, 0.15) is 45.4 Å². The van der Waals surface area contributed by atoms with E-state index in [0.29, 0.717) is 35.9 Å². The summed E-state index contributed by atoms with van der Waals surface area (Å²) in [7, 11) is 0. The third-order valence-electron chi connectivity index (χ3n) is 6.61. The highest BCUT2D eigenvalue weighted by molar-refractivity contribution is 5.93. The molecular weight excluding hydrogens is 248 g/mol. The maximum absolute atomic E-state index is 12.3. The number of hydrogen-bond acceptors (Lipinski definition) is 2. The average molecular weight is 270 g/mol. The van der Waals surface area contributed by atoms with Gasteiger partial charge < -0.3 is 0 Å². The molecule has 4 aliphatic rings. The summed E-state index contributed by atoms with van der Waals surface area (Å²) in [5, 5.41) is 0. The van der Waals surface area contributed by atoms with Crippen LogP contribution in [0.3, 0.4) is 0 Å². The number of ketones is 2. The lowest BCUT2D eigenvalue weighted by Crippen LogP contribution is -2.45. The molecule has 0 unspecified atom stereocenters. The first-order valence-corrected chi connectivity index (χ1v) is 8.03. The van der Waals surface area contributed by atoms with E-state index in [2.05, 4.69) is 19.1 Å². The highest BCUT2D eigenvalue weighted by Gasteiger charge is 2.55. The van der Waals surface area contributed by atoms with Crippen LogP contribution in [0.15, 0.2) is 23.8 Å². The minimum atomic E-state index is -0.0410. The Balaban J connectivity index is 1.68. The Morgan fingerprint density at radius 1 is 1.20 bits per heavy atom. The molecule has 0 radical (unpaired) electrons. The minimum Gasteiger partial charge on any atom is -0.299 e. The summed E-state index contributed by atoms with van der Waals surface area (Å²) in [4.78, 5) is 23.8. The van der Waals surface area contributed by atoms with E-state index in [1.165, 1.54) is 5.57 Å². The van der Waals surface area contributed by atoms with E-state index in [1.54, 1.807) is 6.08 Å². The molecule has 20 heavy (non-hydrogen) atoms. The van der Waals surface area contributed by atoms with Gasteiger partial charge in [0.1, 0.15) is 5.78 Å². The Hall–Kier alpha value is -1.18. The van der Waals surface area contributed by atoms with E-state index in [4.69, 9.17) is 0 Å². The number of allylic oxidation sites excluding steroid dienone is 4. The quantitative estimate of drug-likeness (QED) is 0.632. The van der Waals surface area contributed by atoms with Crippen molar-refractivity contribution in [3.63, 3.8) is 0 Å². The molecule has 2 heteroatoms. The lowest BCUT2D eigenvalue weighted by Gasteiger charge is -2.50. The van der Waals surface area contributed by atoms with E-state index in [1.807, 2.05) is 0 Å². The molecule has 2 fully saturated rings. The Labute approximate surface area is 120 Å². The summed E-state index contributed by atoms with van der Waals surface area (Å²) < 4.78 is 0. The molecule has 2 nitrogen and oxygen atoms in total. The second kappa shape index (κ2) is 4.16. The molecule has 0 aliphatic heterocycles. The van der Waals surface area contributed by atoms with Gasteiger partial charge >= 0.3 is 0 Å². The maximum atomic E-state index is 12.3. The Morgan fingerprint density at radius 2 is 2.05 bits per heavy atom. The Kier molecular flexibility index (Phi) is 2.61. The summed E-state index contributed by atoms with van der Waals surface area (Å²) in [5.41, 5.74) is 1.31. The molecule has 0 heterocycles. The van der Waals surface area contributed by atoms with Crippen LogP contribution < -0.4 is 0 Å². The molecule has 2 saturated carbocycles. The van der Waals surface area contributed by atoms with Crippen molar-refractivity contribution in [2.45, 2.75) is 45.4 Å². The second-order valence-electron chi connectivity index (χ2n) is 7.39. The number of rotatable bonds is 0. The topological polar surface area (TPSA) is 34.1 Å². The third kappa shape index (κ3) is 1.57. The first kappa shape index (κ1) is 12.6. The predicted octanol–water partition coefficient (Wildman–Crippen LogP) is 3.47. The van der Waals surface area contributed by atoms with Crippen LogP contribution in [0.2, 0.25) is 0 Å². The first-order valence-electron chi connectivity index (χ1n) is 8.03. The minimum absolute atomic E-state index is 0.0410. The largest absolute Gasteiger partial charge is 0.299 e. The van der Waals surface area contributed by atoms with E-state index in [9.17, 15) is 9.59 Å². The van der Waals surface area contributed by atoms with Crippen LogP contribution in [-0.4, -0.2) is 11.6 Å². The lowest BCUT2D eigenvalue weighted by atomic mass is 9.54. The number of Topliss-reactive ketones (excluding diaryl/α,β-unsaturated/α-hetero) is 1. The first-order chi connectivity index (χ1) is 9.59. The molecule has 5 atom stereocenters. The molecule has 4 rings (SSSR count). The molecule has 0 aromatic heterocycles. The zero-order valence-corrected chi connectivity index (χ0v) is 12.1. The van der Waals surface area contributed by atoms with Crippen LogP contribution in [0.5, 0.6) is 0 Å². The highest BCUT2D eigenvalue weighted by atomic mass is 16.1. The fourth-order valence-corrected chi connectivity index (χ4v) is 5.50. The summed E-state index contributed by atoms with van der Waals surface area (Å²) >= 11 is 0. The van der Waals surface area contributed by atoms with Crippen molar-refractivity contribution in [2.75, 3.05) is 0 Å². The molecular formula is C18H22O2. The molecule has 0 N–H and O–H groups in total. The van der Waals surface area contributed by atoms with E-state index in [-0.39, 0.29) is 11.2 Å². The van der Waals surface area contributed by atoms with Gasteiger partial charge in [-0.2, -0.15) is 0 Å². The van der Waals surface area contributed by atoms with Crippen molar-refractivity contribution in [1.29, 1.82) is 0 Å². The second-order valence-corrected chi connectivity index (χ2v) is 7.39. The Bertz CT molecular complexity index is 542. The van der Waals surface area contributed by atoms with Gasteiger partial charge in [0.15, 0.2) is 5.78 Å². The zero-order valence-electron chi connectivity index (χ0n) is 12.1. The van der Waals surface area contributed by atoms with Gasteiger partial charge in [-0.3, -0.25) is 9.59 Å². The number of carbonyl (C=O) groups excluding carboxylic acids is 2. The van der Waals surface area contributed by atoms with Gasteiger partial charge in [-0.05, 0) is 49.5 Å². The van der Waals surface area contributed by atoms with E-state index >= 15 is 0 Å². The van der Waals surface area contributed by atoms with Crippen molar-refractivity contribution < 1.29 is 9.59 Å². The zero-order chi connectivity index (χ0) is 13.9. The van der Waals surface area contributed by atoms with Crippen LogP contribution >= 0.6 is 0 Å². The molecule has 0 amide bonds.